The fourth-order valence-corrected chi connectivity index (χ4v) is 3.35. The topological polar surface area (TPSA) is 40.5 Å². The van der Waals surface area contributed by atoms with E-state index in [1.54, 1.807) is 0 Å². The summed E-state index contributed by atoms with van der Waals surface area (Å²) in [4.78, 5) is 11.3. The lowest BCUT2D eigenvalue weighted by atomic mass is 10.0. The highest BCUT2D eigenvalue weighted by molar-refractivity contribution is 6.30. The minimum atomic E-state index is 0.273. The average Bonchev–Trinajstić information content (AvgIpc) is 2.87. The van der Waals surface area contributed by atoms with Crippen LogP contribution < -0.4 is 5.32 Å². The molecule has 35 heavy (non-hydrogen) atoms. The second-order valence-electron chi connectivity index (χ2n) is 8.36. The van der Waals surface area contributed by atoms with Crippen molar-refractivity contribution in [3.05, 3.63) is 119 Å². The van der Waals surface area contributed by atoms with Crippen molar-refractivity contribution in [2.24, 2.45) is 10.9 Å². The number of allylic oxidation sites excluding steroid dienone is 1. The highest BCUT2D eigenvalue weighted by atomic mass is 35.5. The third-order valence-corrected chi connectivity index (χ3v) is 5.58. The normalized spacial score (nSPS) is 10.9. The second-order valence-corrected chi connectivity index (χ2v) is 8.80. The van der Waals surface area contributed by atoms with Gasteiger partial charge in [0.2, 0.25) is 5.96 Å². The third kappa shape index (κ3) is 9.06. The van der Waals surface area contributed by atoms with Crippen molar-refractivity contribution < 1.29 is 0 Å². The zero-order valence-electron chi connectivity index (χ0n) is 21.6. The fourth-order valence-electron chi connectivity index (χ4n) is 3.23. The molecule has 1 N–H and O–H groups in total. The van der Waals surface area contributed by atoms with Gasteiger partial charge in [0.25, 0.3) is 0 Å². The first kappa shape index (κ1) is 27.9. The van der Waals surface area contributed by atoms with Crippen molar-refractivity contribution in [2.45, 2.75) is 40.7 Å². The van der Waals surface area contributed by atoms with Crippen LogP contribution in [-0.2, 0) is 13.0 Å². The molecule has 4 nitrogen and oxygen atoms in total. The summed E-state index contributed by atoms with van der Waals surface area (Å²) in [6.07, 6.45) is 2.62. The molecule has 0 unspecified atom stereocenters. The van der Waals surface area contributed by atoms with Gasteiger partial charge in [-0.3, -0.25) is 4.98 Å². The molecule has 0 spiro atoms. The number of pyridine rings is 1. The number of halogens is 1. The first-order chi connectivity index (χ1) is 16.8. The Bertz CT molecular complexity index is 1100. The van der Waals surface area contributed by atoms with Crippen molar-refractivity contribution in [2.75, 3.05) is 12.4 Å². The molecule has 0 aliphatic rings. The standard InChI is InChI=1S/C28H31ClN4.C2H6/c1-20(2)21(3)22(4)31-28(33(5)19-24-9-13-25(29)14-10-24)32-26-15-11-23(12-16-26)18-27-8-6-7-17-30-27;1-2/h6-17,20H,3-4,18-19H2,1-2,5H3,(H,31,32);1-2H3. The van der Waals surface area contributed by atoms with Crippen LogP contribution in [-0.4, -0.2) is 22.9 Å². The molecule has 184 valence electrons. The summed E-state index contributed by atoms with van der Waals surface area (Å²) in [5.41, 5.74) is 5.92. The lowest BCUT2D eigenvalue weighted by Gasteiger charge is -2.24. The number of hydrogen-bond acceptors (Lipinski definition) is 2. The van der Waals surface area contributed by atoms with Gasteiger partial charge in [-0.1, -0.05) is 82.8 Å². The highest BCUT2D eigenvalue weighted by Crippen LogP contribution is 2.19. The lowest BCUT2D eigenvalue weighted by Crippen LogP contribution is -2.33. The first-order valence-electron chi connectivity index (χ1n) is 12.0. The molecule has 3 rings (SSSR count). The zero-order chi connectivity index (χ0) is 25.8. The van der Waals surface area contributed by atoms with Crippen LogP contribution in [0, 0.1) is 5.92 Å². The van der Waals surface area contributed by atoms with Crippen molar-refractivity contribution >= 4 is 23.2 Å². The molecule has 0 radical (unpaired) electrons. The number of benzene rings is 2. The van der Waals surface area contributed by atoms with E-state index < -0.39 is 0 Å². The van der Waals surface area contributed by atoms with E-state index in [1.165, 1.54) is 5.56 Å². The number of nitrogens with zero attached hydrogens (tertiary/aromatic N) is 3. The van der Waals surface area contributed by atoms with E-state index >= 15 is 0 Å². The minimum Gasteiger partial charge on any atom is -0.341 e. The molecule has 2 aromatic carbocycles. The Labute approximate surface area is 216 Å². The molecule has 1 aromatic heterocycles. The summed E-state index contributed by atoms with van der Waals surface area (Å²) in [5, 5.41) is 4.18. The molecule has 0 saturated carbocycles. The van der Waals surface area contributed by atoms with Gasteiger partial charge in [-0.25, -0.2) is 4.99 Å². The molecule has 0 amide bonds. The smallest absolute Gasteiger partial charge is 0.203 e. The van der Waals surface area contributed by atoms with Crippen LogP contribution in [0.2, 0.25) is 5.02 Å². The maximum absolute atomic E-state index is 6.04. The van der Waals surface area contributed by atoms with Gasteiger partial charge in [0.1, 0.15) is 0 Å². The summed E-state index contributed by atoms with van der Waals surface area (Å²) in [6, 6.07) is 22.1. The minimum absolute atomic E-state index is 0.273. The molecule has 0 aliphatic carbocycles. The molecular formula is C30H37ClN4. The number of aromatic nitrogens is 1. The number of anilines is 1. The molecule has 0 saturated heterocycles. The van der Waals surface area contributed by atoms with E-state index in [1.807, 2.05) is 69.6 Å². The van der Waals surface area contributed by atoms with Gasteiger partial charge in [-0.2, -0.15) is 0 Å². The average molecular weight is 489 g/mol. The lowest BCUT2D eigenvalue weighted by molar-refractivity contribution is 0.498. The van der Waals surface area contributed by atoms with E-state index in [0.717, 1.165) is 34.0 Å². The van der Waals surface area contributed by atoms with Crippen LogP contribution in [0.1, 0.15) is 44.5 Å². The Hall–Kier alpha value is -3.37. The predicted octanol–water partition coefficient (Wildman–Crippen LogP) is 7.98. The van der Waals surface area contributed by atoms with Gasteiger partial charge in [-0.15, -0.1) is 0 Å². The molecular weight excluding hydrogens is 452 g/mol. The zero-order valence-corrected chi connectivity index (χ0v) is 22.3. The largest absolute Gasteiger partial charge is 0.341 e. The third-order valence-electron chi connectivity index (χ3n) is 5.32. The van der Waals surface area contributed by atoms with Crippen molar-refractivity contribution in [1.29, 1.82) is 0 Å². The maximum Gasteiger partial charge on any atom is 0.203 e. The number of guanidine groups is 1. The molecule has 1 heterocycles. The summed E-state index contributed by atoms with van der Waals surface area (Å²) in [7, 11) is 2.00. The van der Waals surface area contributed by atoms with Crippen LogP contribution in [0.4, 0.5) is 5.69 Å². The van der Waals surface area contributed by atoms with Gasteiger partial charge in [-0.05, 0) is 59.0 Å². The van der Waals surface area contributed by atoms with Gasteiger partial charge in [0.15, 0.2) is 0 Å². The SMILES string of the molecule is C=C(N=C(Nc1ccc(Cc2ccccn2)cc1)N(C)Cc1ccc(Cl)cc1)C(=C)C(C)C.CC. The fraction of sp³-hybridized carbons (Fsp3) is 0.267. The van der Waals surface area contributed by atoms with Gasteiger partial charge in [0.05, 0.1) is 5.70 Å². The molecule has 3 aromatic rings. The van der Waals surface area contributed by atoms with Crippen LogP contribution in [0.25, 0.3) is 0 Å². The number of nitrogens with one attached hydrogen (secondary N) is 1. The van der Waals surface area contributed by atoms with Crippen LogP contribution in [0.15, 0.2) is 102 Å². The Morgan fingerprint density at radius 1 is 0.971 bits per heavy atom. The van der Waals surface area contributed by atoms with E-state index in [-0.39, 0.29) is 5.92 Å². The van der Waals surface area contributed by atoms with Gasteiger partial charge in [0, 0.05) is 42.6 Å². The quantitative estimate of drug-likeness (QED) is 0.198. The van der Waals surface area contributed by atoms with Gasteiger partial charge >= 0.3 is 0 Å². The van der Waals surface area contributed by atoms with E-state index in [2.05, 4.69) is 66.5 Å². The molecule has 0 bridgehead atoms. The summed E-state index contributed by atoms with van der Waals surface area (Å²) in [5.74, 6) is 0.976. The second kappa shape index (κ2) is 14.1. The van der Waals surface area contributed by atoms with Crippen LogP contribution in [0.5, 0.6) is 0 Å². The van der Waals surface area contributed by atoms with Crippen LogP contribution >= 0.6 is 11.6 Å². The summed E-state index contributed by atoms with van der Waals surface area (Å²) in [6.45, 7) is 17.1. The Morgan fingerprint density at radius 2 is 1.60 bits per heavy atom. The van der Waals surface area contributed by atoms with E-state index in [9.17, 15) is 0 Å². The molecule has 0 fully saturated rings. The summed E-state index contributed by atoms with van der Waals surface area (Å²) >= 11 is 6.04. The predicted molar refractivity (Wildman–Crippen MR) is 152 cm³/mol. The Balaban J connectivity index is 0.00000210. The van der Waals surface area contributed by atoms with Crippen molar-refractivity contribution in [1.82, 2.24) is 9.88 Å². The number of rotatable bonds is 8. The van der Waals surface area contributed by atoms with Gasteiger partial charge < -0.3 is 10.2 Å². The first-order valence-corrected chi connectivity index (χ1v) is 12.4. The summed E-state index contributed by atoms with van der Waals surface area (Å²) < 4.78 is 0. The van der Waals surface area contributed by atoms with E-state index in [4.69, 9.17) is 16.6 Å². The van der Waals surface area contributed by atoms with Crippen molar-refractivity contribution in [3.8, 4) is 0 Å². The molecule has 0 aliphatic heterocycles. The molecule has 5 heteroatoms. The van der Waals surface area contributed by atoms with Crippen molar-refractivity contribution in [3.63, 3.8) is 0 Å². The monoisotopic (exact) mass is 488 g/mol. The Kier molecular flexibility index (Phi) is 11.2. The number of hydrogen-bond donors (Lipinski definition) is 1. The maximum atomic E-state index is 6.04. The number of aliphatic imine (C=N–C) groups is 1. The van der Waals surface area contributed by atoms with E-state index in [0.29, 0.717) is 18.2 Å². The van der Waals surface area contributed by atoms with Crippen LogP contribution in [0.3, 0.4) is 0 Å². The molecule has 0 atom stereocenters. The Morgan fingerprint density at radius 3 is 2.17 bits per heavy atom. The highest BCUT2D eigenvalue weighted by Gasteiger charge is 2.12.